The molecule has 0 saturated carbocycles. The van der Waals surface area contributed by atoms with E-state index in [0.29, 0.717) is 38.8 Å². The molecule has 1 aromatic rings. The summed E-state index contributed by atoms with van der Waals surface area (Å²) in [6.07, 6.45) is -0.984. The van der Waals surface area contributed by atoms with Gasteiger partial charge in [0.1, 0.15) is 6.10 Å². The lowest BCUT2D eigenvalue weighted by Gasteiger charge is -2.36. The molecule has 2 saturated heterocycles. The van der Waals surface area contributed by atoms with Crippen LogP contribution >= 0.6 is 0 Å². The molecule has 0 bridgehead atoms. The number of halogens is 3. The number of rotatable bonds is 3. The van der Waals surface area contributed by atoms with Crippen molar-refractivity contribution in [3.8, 4) is 0 Å². The second kappa shape index (κ2) is 7.85. The van der Waals surface area contributed by atoms with Gasteiger partial charge in [-0.25, -0.2) is 4.79 Å². The van der Waals surface area contributed by atoms with Crippen LogP contribution in [-0.4, -0.2) is 52.6 Å². The third kappa shape index (κ3) is 4.90. The number of piperidine rings is 1. The van der Waals surface area contributed by atoms with Crippen molar-refractivity contribution in [1.29, 1.82) is 0 Å². The molecule has 3 heterocycles. The highest BCUT2D eigenvalue weighted by molar-refractivity contribution is 5.74. The second-order valence-electron chi connectivity index (χ2n) is 7.18. The number of nitrogens with one attached hydrogen (secondary N) is 1. The summed E-state index contributed by atoms with van der Waals surface area (Å²) < 4.78 is 45.4. The Morgan fingerprint density at radius 2 is 2.23 bits per heavy atom. The highest BCUT2D eigenvalue weighted by Crippen LogP contribution is 2.31. The van der Waals surface area contributed by atoms with E-state index in [-0.39, 0.29) is 24.7 Å². The van der Waals surface area contributed by atoms with Gasteiger partial charge >= 0.3 is 12.2 Å². The van der Waals surface area contributed by atoms with E-state index in [2.05, 4.69) is 10.4 Å². The van der Waals surface area contributed by atoms with Crippen molar-refractivity contribution in [1.82, 2.24) is 20.0 Å². The number of carbonyl (C=O) groups excluding carboxylic acids is 1. The molecule has 0 spiro atoms. The molecule has 0 radical (unpaired) electrons. The number of amides is 2. The van der Waals surface area contributed by atoms with Gasteiger partial charge in [-0.2, -0.15) is 18.3 Å². The normalized spacial score (nSPS) is 27.4. The van der Waals surface area contributed by atoms with Gasteiger partial charge in [0.05, 0.1) is 5.69 Å². The molecule has 3 rings (SSSR count). The van der Waals surface area contributed by atoms with Gasteiger partial charge in [0.25, 0.3) is 0 Å². The van der Waals surface area contributed by atoms with Gasteiger partial charge < -0.3 is 15.0 Å². The molecule has 0 aliphatic carbocycles. The van der Waals surface area contributed by atoms with Gasteiger partial charge in [-0.1, -0.05) is 0 Å². The molecule has 2 amide bonds. The Morgan fingerprint density at radius 3 is 2.92 bits per heavy atom. The summed E-state index contributed by atoms with van der Waals surface area (Å²) in [5.41, 5.74) is 0.951. The number of aromatic nitrogens is 2. The van der Waals surface area contributed by atoms with Crippen LogP contribution < -0.4 is 5.32 Å². The van der Waals surface area contributed by atoms with E-state index in [1.165, 1.54) is 4.90 Å². The van der Waals surface area contributed by atoms with Crippen LogP contribution in [0.1, 0.15) is 43.9 Å². The second-order valence-corrected chi connectivity index (χ2v) is 7.18. The molecule has 2 fully saturated rings. The smallest absolute Gasteiger partial charge is 0.372 e. The summed E-state index contributed by atoms with van der Waals surface area (Å²) in [5.74, 6) is -0.508. The van der Waals surface area contributed by atoms with Crippen LogP contribution in [-0.2, 0) is 11.8 Å². The van der Waals surface area contributed by atoms with Crippen LogP contribution in [0.2, 0.25) is 0 Å². The van der Waals surface area contributed by atoms with E-state index in [0.717, 1.165) is 5.69 Å². The molecular formula is C17H25F3N4O2. The molecule has 6 nitrogen and oxygen atoms in total. The van der Waals surface area contributed by atoms with Crippen molar-refractivity contribution in [2.45, 2.75) is 50.4 Å². The number of aryl methyl sites for hydroxylation is 1. The van der Waals surface area contributed by atoms with Gasteiger partial charge in [0.15, 0.2) is 0 Å². The van der Waals surface area contributed by atoms with Gasteiger partial charge in [0, 0.05) is 45.4 Å². The first kappa shape index (κ1) is 19.0. The van der Waals surface area contributed by atoms with Crippen molar-refractivity contribution >= 4 is 6.03 Å². The van der Waals surface area contributed by atoms with Crippen LogP contribution in [0.3, 0.4) is 0 Å². The first-order chi connectivity index (χ1) is 12.3. The first-order valence-electron chi connectivity index (χ1n) is 9.03. The molecule has 26 heavy (non-hydrogen) atoms. The molecule has 2 aliphatic heterocycles. The Kier molecular flexibility index (Phi) is 5.74. The maximum absolute atomic E-state index is 12.6. The van der Waals surface area contributed by atoms with E-state index in [1.54, 1.807) is 10.9 Å². The standard InChI is InChI=1S/C17H25F3N4O2/c1-23-14(4-6-21-23)15-9-13(5-8-26-15)22-16(25)24-7-2-3-12(11-24)10-17(18,19)20/h4,6,12-13,15H,2-3,5,7-11H2,1H3,(H,22,25). The predicted molar refractivity (Wildman–Crippen MR) is 88.4 cm³/mol. The Hall–Kier alpha value is -1.77. The van der Waals surface area contributed by atoms with Crippen LogP contribution in [0.15, 0.2) is 12.3 Å². The van der Waals surface area contributed by atoms with Crippen molar-refractivity contribution < 1.29 is 22.7 Å². The zero-order valence-electron chi connectivity index (χ0n) is 14.8. The maximum atomic E-state index is 12.6. The van der Waals surface area contributed by atoms with E-state index in [4.69, 9.17) is 4.74 Å². The van der Waals surface area contributed by atoms with Crippen LogP contribution in [0.4, 0.5) is 18.0 Å². The third-order valence-electron chi connectivity index (χ3n) is 5.13. The molecular weight excluding hydrogens is 349 g/mol. The number of likely N-dealkylation sites (tertiary alicyclic amines) is 1. The molecule has 3 atom stereocenters. The highest BCUT2D eigenvalue weighted by atomic mass is 19.4. The Balaban J connectivity index is 1.53. The van der Waals surface area contributed by atoms with Gasteiger partial charge in [-0.15, -0.1) is 0 Å². The van der Waals surface area contributed by atoms with Crippen LogP contribution in [0, 0.1) is 5.92 Å². The lowest BCUT2D eigenvalue weighted by atomic mass is 9.94. The first-order valence-corrected chi connectivity index (χ1v) is 9.03. The molecule has 0 aromatic carbocycles. The number of carbonyl (C=O) groups is 1. The van der Waals surface area contributed by atoms with Crippen molar-refractivity contribution in [2.24, 2.45) is 13.0 Å². The Labute approximate surface area is 150 Å². The minimum Gasteiger partial charge on any atom is -0.372 e. The summed E-state index contributed by atoms with van der Waals surface area (Å²) in [6.45, 7) is 1.20. The SMILES string of the molecule is Cn1nccc1C1CC(NC(=O)N2CCCC(CC(F)(F)F)C2)CCO1. The average Bonchev–Trinajstić information content (AvgIpc) is 3.00. The van der Waals surface area contributed by atoms with Crippen molar-refractivity contribution in [3.63, 3.8) is 0 Å². The molecule has 9 heteroatoms. The summed E-state index contributed by atoms with van der Waals surface area (Å²) in [6, 6.07) is 1.56. The van der Waals surface area contributed by atoms with Crippen LogP contribution in [0.5, 0.6) is 0 Å². The number of nitrogens with zero attached hydrogens (tertiary/aromatic N) is 3. The number of hydrogen-bond acceptors (Lipinski definition) is 3. The van der Waals surface area contributed by atoms with E-state index >= 15 is 0 Å². The Bertz CT molecular complexity index is 619. The monoisotopic (exact) mass is 374 g/mol. The molecule has 2 aliphatic rings. The van der Waals surface area contributed by atoms with E-state index in [9.17, 15) is 18.0 Å². The topological polar surface area (TPSA) is 59.4 Å². The molecule has 146 valence electrons. The number of alkyl halides is 3. The molecule has 1 aromatic heterocycles. The fraction of sp³-hybridized carbons (Fsp3) is 0.765. The lowest BCUT2D eigenvalue weighted by molar-refractivity contribution is -0.147. The molecule has 1 N–H and O–H groups in total. The van der Waals surface area contributed by atoms with Crippen LogP contribution in [0.25, 0.3) is 0 Å². The lowest BCUT2D eigenvalue weighted by Crippen LogP contribution is -2.50. The van der Waals surface area contributed by atoms with Crippen molar-refractivity contribution in [2.75, 3.05) is 19.7 Å². The molecule has 3 unspecified atom stereocenters. The maximum Gasteiger partial charge on any atom is 0.389 e. The average molecular weight is 374 g/mol. The number of urea groups is 1. The summed E-state index contributed by atoms with van der Waals surface area (Å²) in [7, 11) is 1.84. The third-order valence-corrected chi connectivity index (χ3v) is 5.13. The number of ether oxygens (including phenoxy) is 1. The van der Waals surface area contributed by atoms with Gasteiger partial charge in [-0.3, -0.25) is 4.68 Å². The summed E-state index contributed by atoms with van der Waals surface area (Å²) >= 11 is 0. The van der Waals surface area contributed by atoms with Gasteiger partial charge in [-0.05, 0) is 37.7 Å². The summed E-state index contributed by atoms with van der Waals surface area (Å²) in [5, 5.41) is 7.12. The fourth-order valence-electron chi connectivity index (χ4n) is 3.84. The zero-order chi connectivity index (χ0) is 18.7. The Morgan fingerprint density at radius 1 is 1.42 bits per heavy atom. The summed E-state index contributed by atoms with van der Waals surface area (Å²) in [4.78, 5) is 14.0. The highest BCUT2D eigenvalue weighted by Gasteiger charge is 2.35. The zero-order valence-corrected chi connectivity index (χ0v) is 14.8. The number of hydrogen-bond donors (Lipinski definition) is 1. The minimum atomic E-state index is -4.18. The van der Waals surface area contributed by atoms with Gasteiger partial charge in [0.2, 0.25) is 0 Å². The van der Waals surface area contributed by atoms with Crippen molar-refractivity contribution in [3.05, 3.63) is 18.0 Å². The minimum absolute atomic E-state index is 0.0563. The van der Waals surface area contributed by atoms with E-state index in [1.807, 2.05) is 13.1 Å². The predicted octanol–water partition coefficient (Wildman–Crippen LogP) is 3.01. The fourth-order valence-corrected chi connectivity index (χ4v) is 3.84. The largest absolute Gasteiger partial charge is 0.389 e. The van der Waals surface area contributed by atoms with E-state index < -0.39 is 18.5 Å². The quantitative estimate of drug-likeness (QED) is 0.885.